The number of para-hydroxylation sites is 2. The topological polar surface area (TPSA) is 88.4 Å². The van der Waals surface area contributed by atoms with E-state index in [0.717, 1.165) is 10.9 Å². The highest BCUT2D eigenvalue weighted by Gasteiger charge is 2.24. The lowest BCUT2D eigenvalue weighted by Gasteiger charge is -2.21. The zero-order valence-corrected chi connectivity index (χ0v) is 16.3. The van der Waals surface area contributed by atoms with Crippen LogP contribution in [0.5, 0.6) is 0 Å². The number of aryl methyl sites for hydroxylation is 1. The Bertz CT molecular complexity index is 1240. The van der Waals surface area contributed by atoms with Crippen molar-refractivity contribution in [3.8, 4) is 0 Å². The first kappa shape index (κ1) is 18.9. The number of hydrogen-bond acceptors (Lipinski definition) is 5. The smallest absolute Gasteiger partial charge is 0.290 e. The second-order valence-corrected chi connectivity index (χ2v) is 6.80. The molecule has 0 aliphatic rings. The van der Waals surface area contributed by atoms with E-state index in [2.05, 4.69) is 9.97 Å². The summed E-state index contributed by atoms with van der Waals surface area (Å²) in [7, 11) is 1.57. The first-order valence-electron chi connectivity index (χ1n) is 9.32. The van der Waals surface area contributed by atoms with Crippen LogP contribution >= 0.6 is 0 Å². The average molecular weight is 391 g/mol. The molecule has 0 atom stereocenters. The Morgan fingerprint density at radius 2 is 1.86 bits per heavy atom. The lowest BCUT2D eigenvalue weighted by Crippen LogP contribution is -2.34. The first-order chi connectivity index (χ1) is 14.1. The molecule has 4 aromatic rings. The van der Waals surface area contributed by atoms with Gasteiger partial charge in [-0.3, -0.25) is 9.59 Å². The first-order valence-corrected chi connectivity index (χ1v) is 9.32. The zero-order chi connectivity index (χ0) is 20.4. The van der Waals surface area contributed by atoms with E-state index in [0.29, 0.717) is 35.5 Å². The van der Waals surface area contributed by atoms with Gasteiger partial charge >= 0.3 is 0 Å². The van der Waals surface area contributed by atoms with Crippen molar-refractivity contribution in [2.45, 2.75) is 13.5 Å². The number of H-pyrrole nitrogens is 1. The third kappa shape index (κ3) is 3.64. The van der Waals surface area contributed by atoms with Crippen molar-refractivity contribution in [3.05, 3.63) is 76.0 Å². The van der Waals surface area contributed by atoms with Crippen molar-refractivity contribution in [3.63, 3.8) is 0 Å². The summed E-state index contributed by atoms with van der Waals surface area (Å²) in [5.74, 6) is 0.420. The minimum absolute atomic E-state index is 0.138. The summed E-state index contributed by atoms with van der Waals surface area (Å²) in [4.78, 5) is 34.5. The molecule has 29 heavy (non-hydrogen) atoms. The molecule has 0 saturated carbocycles. The van der Waals surface area contributed by atoms with Crippen LogP contribution in [0.15, 0.2) is 57.7 Å². The van der Waals surface area contributed by atoms with E-state index < -0.39 is 0 Å². The number of aromatic nitrogens is 2. The Kier molecular flexibility index (Phi) is 5.14. The largest absolute Gasteiger partial charge is 0.451 e. The summed E-state index contributed by atoms with van der Waals surface area (Å²) in [6.45, 7) is 2.69. The number of carbonyl (C=O) groups excluding carboxylic acids is 1. The van der Waals surface area contributed by atoms with E-state index in [1.165, 1.54) is 0 Å². The number of nitrogens with zero attached hydrogens (tertiary/aromatic N) is 2. The number of carbonyl (C=O) groups is 1. The Balaban J connectivity index is 1.69. The maximum Gasteiger partial charge on any atom is 0.290 e. The second kappa shape index (κ2) is 7.89. The van der Waals surface area contributed by atoms with Gasteiger partial charge in [0.05, 0.1) is 24.1 Å². The molecule has 0 radical (unpaired) electrons. The van der Waals surface area contributed by atoms with E-state index in [9.17, 15) is 9.59 Å². The second-order valence-electron chi connectivity index (χ2n) is 6.80. The molecular formula is C22H21N3O4. The maximum atomic E-state index is 13.3. The summed E-state index contributed by atoms with van der Waals surface area (Å²) < 4.78 is 11.0. The van der Waals surface area contributed by atoms with Crippen molar-refractivity contribution in [1.82, 2.24) is 14.9 Å². The quantitative estimate of drug-likeness (QED) is 0.545. The molecule has 148 valence electrons. The molecule has 2 aromatic carbocycles. The number of aromatic amines is 1. The van der Waals surface area contributed by atoms with Crippen molar-refractivity contribution in [2.75, 3.05) is 20.3 Å². The SMILES string of the molecule is COCCN(Cc1nc2ccccc2c(=O)[nH]1)C(=O)c1oc2ccccc2c1C. The molecule has 2 aromatic heterocycles. The predicted molar refractivity (Wildman–Crippen MR) is 110 cm³/mol. The van der Waals surface area contributed by atoms with Crippen molar-refractivity contribution >= 4 is 27.8 Å². The molecule has 0 unspecified atom stereocenters. The van der Waals surface area contributed by atoms with Crippen molar-refractivity contribution in [1.29, 1.82) is 0 Å². The van der Waals surface area contributed by atoms with Crippen LogP contribution in [0.2, 0.25) is 0 Å². The van der Waals surface area contributed by atoms with E-state index in [4.69, 9.17) is 9.15 Å². The summed E-state index contributed by atoms with van der Waals surface area (Å²) in [6.07, 6.45) is 0. The highest BCUT2D eigenvalue weighted by molar-refractivity contribution is 5.98. The summed E-state index contributed by atoms with van der Waals surface area (Å²) in [5.41, 5.74) is 1.81. The number of nitrogens with one attached hydrogen (secondary N) is 1. The number of rotatable bonds is 6. The van der Waals surface area contributed by atoms with Crippen LogP contribution in [0.3, 0.4) is 0 Å². The number of amides is 1. The fourth-order valence-corrected chi connectivity index (χ4v) is 3.37. The Morgan fingerprint density at radius 1 is 1.14 bits per heavy atom. The molecule has 2 heterocycles. The molecule has 4 rings (SSSR count). The van der Waals surface area contributed by atoms with Gasteiger partial charge in [0.2, 0.25) is 0 Å². The summed E-state index contributed by atoms with van der Waals surface area (Å²) in [6, 6.07) is 14.6. The number of fused-ring (bicyclic) bond motifs is 2. The molecule has 7 heteroatoms. The molecule has 0 saturated heterocycles. The highest BCUT2D eigenvalue weighted by Crippen LogP contribution is 2.26. The standard InChI is InChI=1S/C22H21N3O4/c1-14-15-7-4-6-10-18(15)29-20(14)22(27)25(11-12-28-2)13-19-23-17-9-5-3-8-16(17)21(26)24-19/h3-10H,11-13H2,1-2H3,(H,23,24,26). The molecule has 0 bridgehead atoms. The van der Waals surface area contributed by atoms with Gasteiger partial charge in [-0.25, -0.2) is 4.98 Å². The fourth-order valence-electron chi connectivity index (χ4n) is 3.37. The van der Waals surface area contributed by atoms with Gasteiger partial charge in [0.15, 0.2) is 5.76 Å². The molecule has 0 fully saturated rings. The Morgan fingerprint density at radius 3 is 2.62 bits per heavy atom. The molecule has 7 nitrogen and oxygen atoms in total. The van der Waals surface area contributed by atoms with Crippen molar-refractivity contribution < 1.29 is 13.9 Å². The lowest BCUT2D eigenvalue weighted by atomic mass is 10.1. The van der Waals surface area contributed by atoms with Crippen LogP contribution in [0.4, 0.5) is 0 Å². The van der Waals surface area contributed by atoms with Gasteiger partial charge < -0.3 is 19.0 Å². The van der Waals surface area contributed by atoms with E-state index >= 15 is 0 Å². The Hall–Kier alpha value is -3.45. The third-order valence-corrected chi connectivity index (χ3v) is 4.89. The number of methoxy groups -OCH3 is 1. The van der Waals surface area contributed by atoms with Crippen LogP contribution in [-0.4, -0.2) is 41.0 Å². The van der Waals surface area contributed by atoms with Gasteiger partial charge in [0.25, 0.3) is 11.5 Å². The van der Waals surface area contributed by atoms with Gasteiger partial charge in [-0.1, -0.05) is 30.3 Å². The van der Waals surface area contributed by atoms with Crippen LogP contribution in [0.1, 0.15) is 21.9 Å². The highest BCUT2D eigenvalue weighted by atomic mass is 16.5. The maximum absolute atomic E-state index is 13.3. The molecule has 1 N–H and O–H groups in total. The average Bonchev–Trinajstić information content (AvgIpc) is 3.07. The molecule has 1 amide bonds. The van der Waals surface area contributed by atoms with Gasteiger partial charge in [-0.15, -0.1) is 0 Å². The number of benzene rings is 2. The zero-order valence-electron chi connectivity index (χ0n) is 16.3. The van der Waals surface area contributed by atoms with Crippen LogP contribution < -0.4 is 5.56 Å². The van der Waals surface area contributed by atoms with Crippen LogP contribution in [-0.2, 0) is 11.3 Å². The van der Waals surface area contributed by atoms with E-state index in [1.54, 1.807) is 30.2 Å². The monoisotopic (exact) mass is 391 g/mol. The Labute approximate surface area is 166 Å². The van der Waals surface area contributed by atoms with Gasteiger partial charge in [-0.2, -0.15) is 0 Å². The molecule has 0 aliphatic heterocycles. The lowest BCUT2D eigenvalue weighted by molar-refractivity contribution is 0.0645. The molecular weight excluding hydrogens is 370 g/mol. The normalized spacial score (nSPS) is 11.2. The summed E-state index contributed by atoms with van der Waals surface area (Å²) in [5, 5.41) is 1.42. The van der Waals surface area contributed by atoms with Gasteiger partial charge in [-0.05, 0) is 25.1 Å². The van der Waals surface area contributed by atoms with Crippen molar-refractivity contribution in [2.24, 2.45) is 0 Å². The van der Waals surface area contributed by atoms with E-state index in [1.807, 2.05) is 37.3 Å². The van der Waals surface area contributed by atoms with Crippen LogP contribution in [0.25, 0.3) is 21.9 Å². The minimum Gasteiger partial charge on any atom is -0.451 e. The minimum atomic E-state index is -0.272. The predicted octanol–water partition coefficient (Wildman–Crippen LogP) is 3.27. The number of ether oxygens (including phenoxy) is 1. The molecule has 0 aliphatic carbocycles. The fraction of sp³-hybridized carbons (Fsp3) is 0.227. The number of hydrogen-bond donors (Lipinski definition) is 1. The van der Waals surface area contributed by atoms with Crippen LogP contribution in [0, 0.1) is 6.92 Å². The van der Waals surface area contributed by atoms with Gasteiger partial charge in [0.1, 0.15) is 11.4 Å². The molecule has 0 spiro atoms. The van der Waals surface area contributed by atoms with E-state index in [-0.39, 0.29) is 23.8 Å². The van der Waals surface area contributed by atoms with Gasteiger partial charge in [0, 0.05) is 24.6 Å². The summed E-state index contributed by atoms with van der Waals surface area (Å²) >= 11 is 0. The third-order valence-electron chi connectivity index (χ3n) is 4.89. The number of furan rings is 1.